The van der Waals surface area contributed by atoms with E-state index in [4.69, 9.17) is 0 Å². The summed E-state index contributed by atoms with van der Waals surface area (Å²) < 4.78 is 0. The molecule has 2 rings (SSSR count). The minimum absolute atomic E-state index is 0.130. The van der Waals surface area contributed by atoms with Crippen molar-refractivity contribution in [1.82, 2.24) is 26.6 Å². The Morgan fingerprint density at radius 2 is 1.38 bits per heavy atom. The minimum Gasteiger partial charge on any atom is -0.388 e. The van der Waals surface area contributed by atoms with Gasteiger partial charge in [-0.25, -0.2) is 0 Å². The lowest BCUT2D eigenvalue weighted by Gasteiger charge is -2.31. The Morgan fingerprint density at radius 1 is 0.786 bits per heavy atom. The van der Waals surface area contributed by atoms with Crippen LogP contribution in [0.1, 0.15) is 63.0 Å². The molecule has 0 saturated heterocycles. The smallest absolute Gasteiger partial charge is 0.289 e. The molecule has 226 valence electrons. The third kappa shape index (κ3) is 9.57. The van der Waals surface area contributed by atoms with Gasteiger partial charge >= 0.3 is 0 Å². The molecule has 0 aliphatic carbocycles. The van der Waals surface area contributed by atoms with Gasteiger partial charge in [-0.1, -0.05) is 83.7 Å². The number of Topliss-reactive ketones (excluding diaryl/α,β-unsaturated/α-hetero) is 1. The van der Waals surface area contributed by atoms with Crippen LogP contribution in [0.4, 0.5) is 0 Å². The van der Waals surface area contributed by atoms with Crippen molar-refractivity contribution in [2.45, 2.75) is 66.2 Å². The predicted octanol–water partition coefficient (Wildman–Crippen LogP) is 2.55. The summed E-state index contributed by atoms with van der Waals surface area (Å²) >= 11 is 0. The van der Waals surface area contributed by atoms with Crippen LogP contribution in [0.25, 0.3) is 5.70 Å². The summed E-state index contributed by atoms with van der Waals surface area (Å²) in [5.41, 5.74) is 2.18. The molecular weight excluding hydrogens is 534 g/mol. The Bertz CT molecular complexity index is 1280. The van der Waals surface area contributed by atoms with E-state index in [0.29, 0.717) is 5.56 Å². The molecular formula is C32H43N5O5. The molecule has 4 amide bonds. The summed E-state index contributed by atoms with van der Waals surface area (Å²) in [6, 6.07) is 12.8. The molecule has 0 aromatic heterocycles. The summed E-state index contributed by atoms with van der Waals surface area (Å²) in [6.45, 7) is 14.3. The summed E-state index contributed by atoms with van der Waals surface area (Å²) in [4.78, 5) is 64.6. The molecule has 0 unspecified atom stereocenters. The van der Waals surface area contributed by atoms with Crippen LogP contribution in [-0.2, 0) is 25.7 Å². The van der Waals surface area contributed by atoms with Crippen molar-refractivity contribution in [3.8, 4) is 0 Å². The molecule has 42 heavy (non-hydrogen) atoms. The molecule has 0 saturated carbocycles. The molecule has 0 heterocycles. The first kappa shape index (κ1) is 33.7. The molecule has 0 fully saturated rings. The quantitative estimate of drug-likeness (QED) is 0.231. The zero-order chi connectivity index (χ0) is 31.6. The van der Waals surface area contributed by atoms with Crippen molar-refractivity contribution < 1.29 is 24.0 Å². The van der Waals surface area contributed by atoms with E-state index in [0.717, 1.165) is 16.8 Å². The van der Waals surface area contributed by atoms with Crippen LogP contribution in [0, 0.1) is 11.3 Å². The number of carbonyl (C=O) groups is 5. The zero-order valence-corrected chi connectivity index (χ0v) is 25.5. The number of hydrogen-bond donors (Lipinski definition) is 5. The average Bonchev–Trinajstić information content (AvgIpc) is 2.96. The van der Waals surface area contributed by atoms with Gasteiger partial charge in [0, 0.05) is 24.9 Å². The maximum Gasteiger partial charge on any atom is 0.289 e. The molecule has 10 heteroatoms. The number of hydrogen-bond acceptors (Lipinski definition) is 6. The molecule has 5 N–H and O–H groups in total. The molecule has 0 spiro atoms. The third-order valence-corrected chi connectivity index (χ3v) is 6.72. The van der Waals surface area contributed by atoms with Crippen LogP contribution in [0.3, 0.4) is 0 Å². The second-order valence-corrected chi connectivity index (χ2v) is 11.6. The first-order valence-corrected chi connectivity index (χ1v) is 13.9. The van der Waals surface area contributed by atoms with E-state index in [1.54, 1.807) is 72.0 Å². The van der Waals surface area contributed by atoms with Crippen molar-refractivity contribution in [2.24, 2.45) is 11.3 Å². The van der Waals surface area contributed by atoms with Gasteiger partial charge < -0.3 is 26.6 Å². The van der Waals surface area contributed by atoms with E-state index in [1.807, 2.05) is 24.3 Å². The van der Waals surface area contributed by atoms with Crippen molar-refractivity contribution in [3.63, 3.8) is 0 Å². The van der Waals surface area contributed by atoms with Gasteiger partial charge in [-0.15, -0.1) is 0 Å². The fraction of sp³-hybridized carbons (Fsp3) is 0.406. The van der Waals surface area contributed by atoms with Crippen molar-refractivity contribution >= 4 is 35.1 Å². The number of amides is 4. The highest BCUT2D eigenvalue weighted by Crippen LogP contribution is 2.20. The lowest BCUT2D eigenvalue weighted by Crippen LogP contribution is -2.59. The first-order valence-electron chi connectivity index (χ1n) is 13.9. The fourth-order valence-electron chi connectivity index (χ4n) is 4.03. The Kier molecular flexibility index (Phi) is 12.0. The molecule has 10 nitrogen and oxygen atoms in total. The van der Waals surface area contributed by atoms with E-state index in [-0.39, 0.29) is 6.54 Å². The van der Waals surface area contributed by atoms with Crippen LogP contribution in [0.5, 0.6) is 0 Å². The van der Waals surface area contributed by atoms with Gasteiger partial charge in [0.05, 0.1) is 6.04 Å². The van der Waals surface area contributed by atoms with Gasteiger partial charge in [0.25, 0.3) is 11.8 Å². The predicted molar refractivity (Wildman–Crippen MR) is 163 cm³/mol. The van der Waals surface area contributed by atoms with Crippen LogP contribution in [-0.4, -0.2) is 54.6 Å². The van der Waals surface area contributed by atoms with Gasteiger partial charge in [0.1, 0.15) is 12.1 Å². The van der Waals surface area contributed by atoms with Gasteiger partial charge in [0.2, 0.25) is 17.6 Å². The highest BCUT2D eigenvalue weighted by atomic mass is 16.2. The van der Waals surface area contributed by atoms with Gasteiger partial charge in [0.15, 0.2) is 0 Å². The van der Waals surface area contributed by atoms with Crippen molar-refractivity contribution in [1.29, 1.82) is 0 Å². The number of nitrogens with one attached hydrogen (secondary N) is 5. The van der Waals surface area contributed by atoms with Crippen molar-refractivity contribution in [3.05, 3.63) is 77.9 Å². The highest BCUT2D eigenvalue weighted by Gasteiger charge is 2.35. The standard InChI is InChI=1S/C32H43N5O5/c1-19(2)25(26(38)30(41)34-18-22-14-16-23(17-15-22)20(3)33-8)36-28(39)21(4)35-31(42)27(32(5,6)7)37-29(40)24-12-10-9-11-13-24/h9-17,19,21,25,27,33H,3,18H2,1-2,4-8H3,(H,34,41)(H,35,42)(H,36,39)(H,37,40)/t21-,25-,27+/m0/s1. The minimum atomic E-state index is -1.10. The van der Waals surface area contributed by atoms with E-state index in [1.165, 1.54) is 6.92 Å². The lowest BCUT2D eigenvalue weighted by atomic mass is 9.85. The molecule has 0 radical (unpaired) electrons. The number of rotatable bonds is 13. The molecule has 0 bridgehead atoms. The largest absolute Gasteiger partial charge is 0.388 e. The first-order chi connectivity index (χ1) is 19.6. The maximum absolute atomic E-state index is 13.2. The third-order valence-electron chi connectivity index (χ3n) is 6.72. The van der Waals surface area contributed by atoms with E-state index in [2.05, 4.69) is 33.2 Å². The molecule has 0 aliphatic heterocycles. The fourth-order valence-corrected chi connectivity index (χ4v) is 4.03. The van der Waals surface area contributed by atoms with Crippen LogP contribution in [0.15, 0.2) is 61.2 Å². The maximum atomic E-state index is 13.2. The summed E-state index contributed by atoms with van der Waals surface area (Å²) in [5, 5.41) is 13.6. The van der Waals surface area contributed by atoms with E-state index in [9.17, 15) is 24.0 Å². The molecule has 2 aromatic carbocycles. The number of ketones is 1. The summed E-state index contributed by atoms with van der Waals surface area (Å²) in [5.74, 6) is -3.62. The van der Waals surface area contributed by atoms with E-state index < -0.39 is 58.9 Å². The lowest BCUT2D eigenvalue weighted by molar-refractivity contribution is -0.141. The Hall–Kier alpha value is -4.47. The van der Waals surface area contributed by atoms with E-state index >= 15 is 0 Å². The van der Waals surface area contributed by atoms with Gasteiger partial charge in [-0.05, 0) is 41.5 Å². The second kappa shape index (κ2) is 15.0. The van der Waals surface area contributed by atoms with Crippen LogP contribution < -0.4 is 26.6 Å². The Balaban J connectivity index is 2.01. The number of benzene rings is 2. The van der Waals surface area contributed by atoms with Crippen LogP contribution in [0.2, 0.25) is 0 Å². The SMILES string of the molecule is C=C(NC)c1ccc(CNC(=O)C(=O)[C@@H](NC(=O)[C@H](C)NC(=O)[C@@H](NC(=O)c2ccccc2)C(C)(C)C)C(C)C)cc1. The van der Waals surface area contributed by atoms with Gasteiger partial charge in [-0.2, -0.15) is 0 Å². The Morgan fingerprint density at radius 3 is 1.90 bits per heavy atom. The normalized spacial score (nSPS) is 13.2. The highest BCUT2D eigenvalue weighted by molar-refractivity contribution is 6.38. The zero-order valence-electron chi connectivity index (χ0n) is 25.5. The monoisotopic (exact) mass is 577 g/mol. The Labute approximate surface area is 248 Å². The average molecular weight is 578 g/mol. The second-order valence-electron chi connectivity index (χ2n) is 11.6. The summed E-state index contributed by atoms with van der Waals surface area (Å²) in [7, 11) is 1.77. The van der Waals surface area contributed by atoms with Gasteiger partial charge in [-0.3, -0.25) is 24.0 Å². The topological polar surface area (TPSA) is 145 Å². The molecule has 3 atom stereocenters. The molecule has 2 aromatic rings. The van der Waals surface area contributed by atoms with Crippen molar-refractivity contribution in [2.75, 3.05) is 7.05 Å². The number of carbonyl (C=O) groups excluding carboxylic acids is 5. The van der Waals surface area contributed by atoms with Crippen LogP contribution >= 0.6 is 0 Å². The summed E-state index contributed by atoms with van der Waals surface area (Å²) in [6.07, 6.45) is 0. The molecule has 0 aliphatic rings.